The first-order valence-electron chi connectivity index (χ1n) is 7.46. The highest BCUT2D eigenvalue weighted by molar-refractivity contribution is 5.95. The fraction of sp³-hybridized carbons (Fsp3) is 0.294. The fourth-order valence-electron chi connectivity index (χ4n) is 1.98. The fourth-order valence-corrected chi connectivity index (χ4v) is 1.98. The van der Waals surface area contributed by atoms with Crippen molar-refractivity contribution in [2.24, 2.45) is 0 Å². The van der Waals surface area contributed by atoms with E-state index < -0.39 is 12.0 Å². The Morgan fingerprint density at radius 2 is 2.04 bits per heavy atom. The van der Waals surface area contributed by atoms with Gasteiger partial charge in [-0.15, -0.1) is 0 Å². The van der Waals surface area contributed by atoms with Gasteiger partial charge in [-0.25, -0.2) is 9.59 Å². The number of esters is 1. The minimum absolute atomic E-state index is 0.0827. The van der Waals surface area contributed by atoms with Crippen LogP contribution in [-0.2, 0) is 11.3 Å². The SMILES string of the molecule is COC(=O)c1ccc(OC(C)C)c(NC(=O)NCc2ccco2)c1. The molecule has 7 heteroatoms. The number of methoxy groups -OCH3 is 1. The largest absolute Gasteiger partial charge is 0.489 e. The van der Waals surface area contributed by atoms with Crippen molar-refractivity contribution in [3.63, 3.8) is 0 Å². The topological polar surface area (TPSA) is 89.8 Å². The molecule has 0 unspecified atom stereocenters. The number of hydrogen-bond donors (Lipinski definition) is 2. The Morgan fingerprint density at radius 1 is 1.25 bits per heavy atom. The van der Waals surface area contributed by atoms with Gasteiger partial charge in [0.2, 0.25) is 0 Å². The van der Waals surface area contributed by atoms with E-state index in [4.69, 9.17) is 13.9 Å². The maximum Gasteiger partial charge on any atom is 0.337 e. The Labute approximate surface area is 139 Å². The molecule has 7 nitrogen and oxygen atoms in total. The van der Waals surface area contributed by atoms with Crippen molar-refractivity contribution >= 4 is 17.7 Å². The van der Waals surface area contributed by atoms with E-state index in [-0.39, 0.29) is 12.6 Å². The van der Waals surface area contributed by atoms with Gasteiger partial charge in [0.15, 0.2) is 0 Å². The van der Waals surface area contributed by atoms with Gasteiger partial charge in [-0.3, -0.25) is 0 Å². The van der Waals surface area contributed by atoms with Gasteiger partial charge in [0.1, 0.15) is 11.5 Å². The van der Waals surface area contributed by atoms with E-state index in [9.17, 15) is 9.59 Å². The molecule has 1 heterocycles. The molecule has 2 N–H and O–H groups in total. The van der Waals surface area contributed by atoms with Crippen LogP contribution in [0.25, 0.3) is 0 Å². The van der Waals surface area contributed by atoms with Crippen molar-refractivity contribution in [2.75, 3.05) is 12.4 Å². The van der Waals surface area contributed by atoms with Gasteiger partial charge in [-0.1, -0.05) is 0 Å². The maximum absolute atomic E-state index is 12.1. The Kier molecular flexibility index (Phi) is 5.83. The predicted octanol–water partition coefficient (Wildman–Crippen LogP) is 3.18. The van der Waals surface area contributed by atoms with E-state index in [1.165, 1.54) is 19.4 Å². The zero-order valence-corrected chi connectivity index (χ0v) is 13.8. The van der Waals surface area contributed by atoms with Gasteiger partial charge in [-0.05, 0) is 44.2 Å². The summed E-state index contributed by atoms with van der Waals surface area (Å²) in [6.07, 6.45) is 1.45. The van der Waals surface area contributed by atoms with Crippen molar-refractivity contribution in [1.29, 1.82) is 0 Å². The average Bonchev–Trinajstić information content (AvgIpc) is 3.07. The smallest absolute Gasteiger partial charge is 0.337 e. The number of nitrogens with one attached hydrogen (secondary N) is 2. The molecule has 1 aromatic carbocycles. The molecular weight excluding hydrogens is 312 g/mol. The number of ether oxygens (including phenoxy) is 2. The third-order valence-electron chi connectivity index (χ3n) is 3.01. The van der Waals surface area contributed by atoms with Crippen LogP contribution in [0.5, 0.6) is 5.75 Å². The highest BCUT2D eigenvalue weighted by Gasteiger charge is 2.14. The van der Waals surface area contributed by atoms with Crippen molar-refractivity contribution < 1.29 is 23.5 Å². The zero-order valence-electron chi connectivity index (χ0n) is 13.8. The van der Waals surface area contributed by atoms with Crippen LogP contribution >= 0.6 is 0 Å². The number of carbonyl (C=O) groups is 2. The molecule has 0 bridgehead atoms. The number of amides is 2. The maximum atomic E-state index is 12.1. The molecule has 2 rings (SSSR count). The van der Waals surface area contributed by atoms with E-state index in [0.717, 1.165) is 0 Å². The first-order valence-corrected chi connectivity index (χ1v) is 7.46. The van der Waals surface area contributed by atoms with Crippen LogP contribution in [0.15, 0.2) is 41.0 Å². The molecule has 0 saturated carbocycles. The van der Waals surface area contributed by atoms with Crippen LogP contribution in [0.1, 0.15) is 30.0 Å². The van der Waals surface area contributed by atoms with Gasteiger partial charge in [0.25, 0.3) is 0 Å². The monoisotopic (exact) mass is 332 g/mol. The van der Waals surface area contributed by atoms with Crippen LogP contribution in [0.4, 0.5) is 10.5 Å². The lowest BCUT2D eigenvalue weighted by atomic mass is 10.2. The number of rotatable bonds is 6. The molecule has 1 aromatic heterocycles. The molecule has 0 fully saturated rings. The normalized spacial score (nSPS) is 10.3. The summed E-state index contributed by atoms with van der Waals surface area (Å²) in [5, 5.41) is 5.33. The minimum Gasteiger partial charge on any atom is -0.489 e. The summed E-state index contributed by atoms with van der Waals surface area (Å²) in [5.41, 5.74) is 0.693. The minimum atomic E-state index is -0.495. The molecule has 2 aromatic rings. The molecule has 128 valence electrons. The molecule has 0 aliphatic heterocycles. The third-order valence-corrected chi connectivity index (χ3v) is 3.01. The van der Waals surface area contributed by atoms with E-state index in [2.05, 4.69) is 10.6 Å². The Hall–Kier alpha value is -2.96. The number of hydrogen-bond acceptors (Lipinski definition) is 5. The quantitative estimate of drug-likeness (QED) is 0.793. The lowest BCUT2D eigenvalue weighted by Gasteiger charge is -2.16. The highest BCUT2D eigenvalue weighted by Crippen LogP contribution is 2.27. The standard InChI is InChI=1S/C17H20N2O5/c1-11(2)24-15-7-6-12(16(20)22-3)9-14(15)19-17(21)18-10-13-5-4-8-23-13/h4-9,11H,10H2,1-3H3,(H2,18,19,21). The molecule has 0 spiro atoms. The number of furan rings is 1. The van der Waals surface area contributed by atoms with Crippen molar-refractivity contribution in [3.8, 4) is 5.75 Å². The Balaban J connectivity index is 2.12. The van der Waals surface area contributed by atoms with Gasteiger partial charge in [0, 0.05) is 0 Å². The van der Waals surface area contributed by atoms with E-state index in [0.29, 0.717) is 22.8 Å². The second-order valence-electron chi connectivity index (χ2n) is 5.26. The molecule has 2 amide bonds. The first-order chi connectivity index (χ1) is 11.5. The van der Waals surface area contributed by atoms with Gasteiger partial charge in [-0.2, -0.15) is 0 Å². The Bertz CT molecular complexity index is 695. The summed E-state index contributed by atoms with van der Waals surface area (Å²) in [5.74, 6) is 0.600. The number of carbonyl (C=O) groups excluding carboxylic acids is 2. The summed E-state index contributed by atoms with van der Waals surface area (Å²) in [6.45, 7) is 3.99. The van der Waals surface area contributed by atoms with Gasteiger partial charge in [0.05, 0.1) is 37.3 Å². The summed E-state index contributed by atoms with van der Waals surface area (Å²) < 4.78 is 15.5. The predicted molar refractivity (Wildman–Crippen MR) is 88.1 cm³/mol. The van der Waals surface area contributed by atoms with E-state index in [1.54, 1.807) is 24.3 Å². The zero-order chi connectivity index (χ0) is 17.5. The summed E-state index contributed by atoms with van der Waals surface area (Å²) >= 11 is 0. The third kappa shape index (κ3) is 4.77. The number of anilines is 1. The highest BCUT2D eigenvalue weighted by atomic mass is 16.5. The van der Waals surface area contributed by atoms with Crippen LogP contribution in [0.2, 0.25) is 0 Å². The molecule has 0 saturated heterocycles. The van der Waals surface area contributed by atoms with Crippen LogP contribution < -0.4 is 15.4 Å². The van der Waals surface area contributed by atoms with Crippen LogP contribution in [-0.4, -0.2) is 25.2 Å². The van der Waals surface area contributed by atoms with Gasteiger partial charge < -0.3 is 24.5 Å². The van der Waals surface area contributed by atoms with E-state index >= 15 is 0 Å². The Morgan fingerprint density at radius 3 is 2.67 bits per heavy atom. The van der Waals surface area contributed by atoms with Crippen molar-refractivity contribution in [1.82, 2.24) is 5.32 Å². The molecule has 0 aliphatic carbocycles. The number of benzene rings is 1. The summed E-state index contributed by atoms with van der Waals surface area (Å²) in [4.78, 5) is 23.7. The second-order valence-corrected chi connectivity index (χ2v) is 5.26. The first kappa shape index (κ1) is 17.4. The number of urea groups is 1. The summed E-state index contributed by atoms with van der Waals surface area (Å²) in [6, 6.07) is 7.76. The molecule has 24 heavy (non-hydrogen) atoms. The lowest BCUT2D eigenvalue weighted by molar-refractivity contribution is 0.0600. The average molecular weight is 332 g/mol. The van der Waals surface area contributed by atoms with Crippen LogP contribution in [0.3, 0.4) is 0 Å². The van der Waals surface area contributed by atoms with Gasteiger partial charge >= 0.3 is 12.0 Å². The van der Waals surface area contributed by atoms with Crippen LogP contribution in [0, 0.1) is 0 Å². The van der Waals surface area contributed by atoms with Crippen molar-refractivity contribution in [3.05, 3.63) is 47.9 Å². The summed E-state index contributed by atoms with van der Waals surface area (Å²) in [7, 11) is 1.30. The molecule has 0 radical (unpaired) electrons. The second kappa shape index (κ2) is 8.05. The molecule has 0 atom stereocenters. The lowest BCUT2D eigenvalue weighted by Crippen LogP contribution is -2.28. The molecule has 0 aliphatic rings. The van der Waals surface area contributed by atoms with Crippen molar-refractivity contribution in [2.45, 2.75) is 26.5 Å². The molecular formula is C17H20N2O5. The van der Waals surface area contributed by atoms with E-state index in [1.807, 2.05) is 13.8 Å².